The van der Waals surface area contributed by atoms with E-state index in [0.29, 0.717) is 19.4 Å². The number of alkyl halides is 3. The van der Waals surface area contributed by atoms with Gasteiger partial charge in [0.25, 0.3) is 0 Å². The Morgan fingerprint density at radius 2 is 2.00 bits per heavy atom. The summed E-state index contributed by atoms with van der Waals surface area (Å²) in [5, 5.41) is 11.4. The SMILES string of the molecule is O=C(O)CCCCNc1cc(C(F)(F)F)ccc1Cl. The summed E-state index contributed by atoms with van der Waals surface area (Å²) in [6, 6.07) is 3.04. The first kappa shape index (κ1) is 15.6. The van der Waals surface area contributed by atoms with Crippen molar-refractivity contribution in [2.24, 2.45) is 0 Å². The maximum atomic E-state index is 12.5. The van der Waals surface area contributed by atoms with Crippen molar-refractivity contribution in [2.45, 2.75) is 25.4 Å². The number of rotatable bonds is 6. The van der Waals surface area contributed by atoms with E-state index in [1.807, 2.05) is 0 Å². The summed E-state index contributed by atoms with van der Waals surface area (Å²) >= 11 is 5.79. The molecule has 0 aromatic heterocycles. The Morgan fingerprint density at radius 1 is 1.32 bits per heavy atom. The molecule has 0 bridgehead atoms. The normalized spacial score (nSPS) is 11.4. The van der Waals surface area contributed by atoms with E-state index in [1.165, 1.54) is 6.07 Å². The number of anilines is 1. The molecule has 19 heavy (non-hydrogen) atoms. The molecule has 0 amide bonds. The van der Waals surface area contributed by atoms with Crippen molar-refractivity contribution in [3.63, 3.8) is 0 Å². The van der Waals surface area contributed by atoms with Crippen LogP contribution in [0.5, 0.6) is 0 Å². The molecule has 7 heteroatoms. The fraction of sp³-hybridized carbons (Fsp3) is 0.417. The first-order valence-corrected chi connectivity index (χ1v) is 6.01. The number of aliphatic carboxylic acids is 1. The molecule has 0 unspecified atom stereocenters. The number of hydrogen-bond acceptors (Lipinski definition) is 2. The average molecular weight is 296 g/mol. The number of benzene rings is 1. The van der Waals surface area contributed by atoms with E-state index in [1.54, 1.807) is 0 Å². The van der Waals surface area contributed by atoms with Crippen molar-refractivity contribution >= 4 is 23.3 Å². The van der Waals surface area contributed by atoms with Crippen molar-refractivity contribution in [1.82, 2.24) is 0 Å². The molecule has 0 aliphatic carbocycles. The van der Waals surface area contributed by atoms with E-state index in [2.05, 4.69) is 5.32 Å². The highest BCUT2D eigenvalue weighted by Crippen LogP contribution is 2.33. The Hall–Kier alpha value is -1.43. The molecule has 0 atom stereocenters. The van der Waals surface area contributed by atoms with Gasteiger partial charge in [-0.2, -0.15) is 13.2 Å². The molecule has 3 nitrogen and oxygen atoms in total. The Morgan fingerprint density at radius 3 is 2.58 bits per heavy atom. The predicted molar refractivity (Wildman–Crippen MR) is 66.4 cm³/mol. The average Bonchev–Trinajstić information content (AvgIpc) is 2.29. The molecule has 1 aromatic rings. The van der Waals surface area contributed by atoms with Crippen LogP contribution in [0.1, 0.15) is 24.8 Å². The molecule has 0 spiro atoms. The Balaban J connectivity index is 2.55. The van der Waals surface area contributed by atoms with Crippen LogP contribution >= 0.6 is 11.6 Å². The molecule has 106 valence electrons. The van der Waals surface area contributed by atoms with E-state index < -0.39 is 17.7 Å². The quantitative estimate of drug-likeness (QED) is 0.779. The Bertz CT molecular complexity index is 449. The smallest absolute Gasteiger partial charge is 0.416 e. The standard InChI is InChI=1S/C12H13ClF3NO2/c13-9-5-4-8(12(14,15)16)7-10(9)17-6-2-1-3-11(18)19/h4-5,7,17H,1-3,6H2,(H,18,19). The van der Waals surface area contributed by atoms with E-state index in [4.69, 9.17) is 16.7 Å². The van der Waals surface area contributed by atoms with Crippen molar-refractivity contribution in [2.75, 3.05) is 11.9 Å². The predicted octanol–water partition coefficient (Wildman–Crippen LogP) is 4.03. The van der Waals surface area contributed by atoms with Crippen LogP contribution in [-0.2, 0) is 11.0 Å². The fourth-order valence-electron chi connectivity index (χ4n) is 1.46. The number of unbranched alkanes of at least 4 members (excludes halogenated alkanes) is 1. The minimum absolute atomic E-state index is 0.0397. The minimum atomic E-state index is -4.41. The van der Waals surface area contributed by atoms with Crippen molar-refractivity contribution in [3.8, 4) is 0 Å². The number of halogens is 4. The molecular weight excluding hydrogens is 283 g/mol. The number of carboxylic acid groups (broad SMARTS) is 1. The second kappa shape index (κ2) is 6.65. The first-order chi connectivity index (χ1) is 8.80. The van der Waals surface area contributed by atoms with Crippen LogP contribution < -0.4 is 5.32 Å². The van der Waals surface area contributed by atoms with Gasteiger partial charge in [-0.15, -0.1) is 0 Å². The molecule has 0 heterocycles. The van der Waals surface area contributed by atoms with Crippen molar-refractivity contribution < 1.29 is 23.1 Å². The molecule has 2 N–H and O–H groups in total. The summed E-state index contributed by atoms with van der Waals surface area (Å²) < 4.78 is 37.5. The van der Waals surface area contributed by atoms with E-state index >= 15 is 0 Å². The third kappa shape index (κ3) is 5.38. The zero-order chi connectivity index (χ0) is 14.5. The van der Waals surface area contributed by atoms with Gasteiger partial charge in [0.05, 0.1) is 16.3 Å². The molecular formula is C12H13ClF3NO2. The molecule has 0 aliphatic heterocycles. The van der Waals surface area contributed by atoms with Crippen LogP contribution in [0.15, 0.2) is 18.2 Å². The number of carbonyl (C=O) groups is 1. The molecule has 1 rings (SSSR count). The van der Waals surface area contributed by atoms with Crippen molar-refractivity contribution in [1.29, 1.82) is 0 Å². The number of hydrogen-bond donors (Lipinski definition) is 2. The third-order valence-electron chi connectivity index (χ3n) is 2.43. The van der Waals surface area contributed by atoms with Crippen LogP contribution in [0.3, 0.4) is 0 Å². The van der Waals surface area contributed by atoms with Gasteiger partial charge in [0.2, 0.25) is 0 Å². The summed E-state index contributed by atoms with van der Waals surface area (Å²) in [5.74, 6) is -0.892. The van der Waals surface area contributed by atoms with Gasteiger partial charge in [-0.3, -0.25) is 4.79 Å². The highest BCUT2D eigenvalue weighted by Gasteiger charge is 2.30. The second-order valence-corrected chi connectivity index (χ2v) is 4.38. The monoisotopic (exact) mass is 295 g/mol. The van der Waals surface area contributed by atoms with Crippen LogP contribution in [0.2, 0.25) is 5.02 Å². The minimum Gasteiger partial charge on any atom is -0.481 e. The largest absolute Gasteiger partial charge is 0.481 e. The van der Waals surface area contributed by atoms with Gasteiger partial charge in [-0.05, 0) is 31.0 Å². The number of carboxylic acids is 1. The van der Waals surface area contributed by atoms with Gasteiger partial charge in [-0.25, -0.2) is 0 Å². The summed E-state index contributed by atoms with van der Waals surface area (Å²) in [7, 11) is 0. The lowest BCUT2D eigenvalue weighted by molar-refractivity contribution is -0.138. The Labute approximate surface area is 113 Å². The first-order valence-electron chi connectivity index (χ1n) is 5.63. The van der Waals surface area contributed by atoms with Gasteiger partial charge >= 0.3 is 12.1 Å². The lowest BCUT2D eigenvalue weighted by Crippen LogP contribution is -2.08. The highest BCUT2D eigenvalue weighted by molar-refractivity contribution is 6.33. The van der Waals surface area contributed by atoms with Gasteiger partial charge in [0.1, 0.15) is 0 Å². The van der Waals surface area contributed by atoms with Crippen LogP contribution in [0, 0.1) is 0 Å². The molecule has 1 aromatic carbocycles. The summed E-state index contributed by atoms with van der Waals surface area (Å²) in [5.41, 5.74) is -0.572. The van der Waals surface area contributed by atoms with E-state index in [-0.39, 0.29) is 17.1 Å². The highest BCUT2D eigenvalue weighted by atomic mass is 35.5. The van der Waals surface area contributed by atoms with Crippen LogP contribution in [-0.4, -0.2) is 17.6 Å². The Kier molecular flexibility index (Phi) is 5.47. The zero-order valence-electron chi connectivity index (χ0n) is 9.93. The molecule has 0 aliphatic rings. The lowest BCUT2D eigenvalue weighted by Gasteiger charge is -2.12. The van der Waals surface area contributed by atoms with Crippen LogP contribution in [0.25, 0.3) is 0 Å². The van der Waals surface area contributed by atoms with Crippen molar-refractivity contribution in [3.05, 3.63) is 28.8 Å². The summed E-state index contributed by atoms with van der Waals surface area (Å²) in [6.07, 6.45) is -3.37. The zero-order valence-corrected chi connectivity index (χ0v) is 10.7. The summed E-state index contributed by atoms with van der Waals surface area (Å²) in [4.78, 5) is 10.3. The molecule has 0 fully saturated rings. The van der Waals surface area contributed by atoms with Gasteiger partial charge in [0.15, 0.2) is 0 Å². The maximum absolute atomic E-state index is 12.5. The molecule has 0 radical (unpaired) electrons. The van der Waals surface area contributed by atoms with Crippen LogP contribution in [0.4, 0.5) is 18.9 Å². The molecule has 0 saturated carbocycles. The summed E-state index contributed by atoms with van der Waals surface area (Å²) in [6.45, 7) is 0.369. The maximum Gasteiger partial charge on any atom is 0.416 e. The van der Waals surface area contributed by atoms with E-state index in [9.17, 15) is 18.0 Å². The lowest BCUT2D eigenvalue weighted by atomic mass is 10.2. The number of nitrogens with one attached hydrogen (secondary N) is 1. The topological polar surface area (TPSA) is 49.3 Å². The molecule has 0 saturated heterocycles. The van der Waals surface area contributed by atoms with Gasteiger partial charge in [0, 0.05) is 13.0 Å². The fourth-order valence-corrected chi connectivity index (χ4v) is 1.65. The second-order valence-electron chi connectivity index (χ2n) is 3.97. The third-order valence-corrected chi connectivity index (χ3v) is 2.76. The van der Waals surface area contributed by atoms with Gasteiger partial charge in [-0.1, -0.05) is 11.6 Å². The van der Waals surface area contributed by atoms with E-state index in [0.717, 1.165) is 12.1 Å². The van der Waals surface area contributed by atoms with Gasteiger partial charge < -0.3 is 10.4 Å².